The van der Waals surface area contributed by atoms with Crippen LogP contribution in [-0.2, 0) is 0 Å². The van der Waals surface area contributed by atoms with Crippen molar-refractivity contribution in [2.45, 2.75) is 6.04 Å². The molecular formula is C20H15FN4O2. The normalized spacial score (nSPS) is 16.6. The molecule has 4 rings (SSSR count). The average molecular weight is 362 g/mol. The third kappa shape index (κ3) is 2.72. The lowest BCUT2D eigenvalue weighted by Crippen LogP contribution is -2.34. The minimum atomic E-state index is -0.738. The first-order valence-electron chi connectivity index (χ1n) is 8.30. The van der Waals surface area contributed by atoms with Gasteiger partial charge in [-0.15, -0.1) is 0 Å². The number of ether oxygens (including phenoxy) is 1. The molecule has 1 aromatic heterocycles. The summed E-state index contributed by atoms with van der Waals surface area (Å²) in [7, 11) is 1.45. The Bertz CT molecular complexity index is 1070. The van der Waals surface area contributed by atoms with Crippen LogP contribution in [0, 0.1) is 17.1 Å². The summed E-state index contributed by atoms with van der Waals surface area (Å²) in [5.41, 5.74) is 0.834. The molecule has 0 saturated carbocycles. The van der Waals surface area contributed by atoms with Crippen LogP contribution in [-0.4, -0.2) is 30.7 Å². The standard InChI is InChI=1S/C20H15FN4O2/c1-27-19-7-6-14(21)8-17(19)24-12-15(9-22)25(20(24)26)18-11-23-10-13-4-2-3-5-16(13)18/h2-8,10-11,15H,12H2,1H3/t15-/m1/s1. The predicted octanol–water partition coefficient (Wildman–Crippen LogP) is 3.72. The van der Waals surface area contributed by atoms with Gasteiger partial charge in [0.1, 0.15) is 17.6 Å². The fourth-order valence-corrected chi connectivity index (χ4v) is 3.33. The van der Waals surface area contributed by atoms with Crippen molar-refractivity contribution in [3.8, 4) is 11.8 Å². The van der Waals surface area contributed by atoms with Crippen LogP contribution in [0.2, 0.25) is 0 Å². The van der Waals surface area contributed by atoms with Crippen LogP contribution in [0.5, 0.6) is 5.75 Å². The van der Waals surface area contributed by atoms with Crippen LogP contribution in [0.1, 0.15) is 0 Å². The molecule has 0 aliphatic carbocycles. The predicted molar refractivity (Wildman–Crippen MR) is 99.3 cm³/mol. The fourth-order valence-electron chi connectivity index (χ4n) is 3.33. The number of benzene rings is 2. The molecule has 1 saturated heterocycles. The molecule has 3 aromatic rings. The van der Waals surface area contributed by atoms with Gasteiger partial charge in [0.15, 0.2) is 0 Å². The lowest BCUT2D eigenvalue weighted by molar-refractivity contribution is 0.255. The number of nitrogens with zero attached hydrogens (tertiary/aromatic N) is 4. The molecule has 2 heterocycles. The Morgan fingerprint density at radius 1 is 1.22 bits per heavy atom. The van der Waals surface area contributed by atoms with Crippen molar-refractivity contribution in [3.63, 3.8) is 0 Å². The van der Waals surface area contributed by atoms with E-state index in [0.717, 1.165) is 10.8 Å². The van der Waals surface area contributed by atoms with E-state index < -0.39 is 17.9 Å². The maximum atomic E-state index is 13.8. The van der Waals surface area contributed by atoms with Gasteiger partial charge in [0.2, 0.25) is 0 Å². The molecule has 1 atom stereocenters. The molecule has 0 spiro atoms. The molecule has 0 radical (unpaired) electrons. The number of aromatic nitrogens is 1. The highest BCUT2D eigenvalue weighted by Gasteiger charge is 2.41. The molecule has 2 aromatic carbocycles. The monoisotopic (exact) mass is 362 g/mol. The highest BCUT2D eigenvalue weighted by atomic mass is 19.1. The van der Waals surface area contributed by atoms with Gasteiger partial charge in [-0.25, -0.2) is 9.18 Å². The minimum absolute atomic E-state index is 0.0956. The molecule has 1 aliphatic heterocycles. The molecule has 1 aliphatic rings. The summed E-state index contributed by atoms with van der Waals surface area (Å²) in [5.74, 6) is -0.128. The maximum Gasteiger partial charge on any atom is 0.330 e. The van der Waals surface area contributed by atoms with E-state index in [-0.39, 0.29) is 6.54 Å². The minimum Gasteiger partial charge on any atom is -0.495 e. The van der Waals surface area contributed by atoms with E-state index in [0.29, 0.717) is 17.1 Å². The molecule has 6 nitrogen and oxygen atoms in total. The number of halogens is 1. The third-order valence-electron chi connectivity index (χ3n) is 4.59. The van der Waals surface area contributed by atoms with Crippen LogP contribution in [0.3, 0.4) is 0 Å². The van der Waals surface area contributed by atoms with Crippen molar-refractivity contribution in [2.75, 3.05) is 23.5 Å². The number of anilines is 2. The summed E-state index contributed by atoms with van der Waals surface area (Å²) in [4.78, 5) is 20.2. The van der Waals surface area contributed by atoms with Gasteiger partial charge < -0.3 is 4.74 Å². The number of hydrogen-bond acceptors (Lipinski definition) is 4. The van der Waals surface area contributed by atoms with Gasteiger partial charge in [-0.2, -0.15) is 5.26 Å². The number of nitriles is 1. The van der Waals surface area contributed by atoms with Crippen molar-refractivity contribution >= 4 is 28.2 Å². The summed E-state index contributed by atoms with van der Waals surface area (Å²) in [6, 6.07) is 12.5. The lowest BCUT2D eigenvalue weighted by Gasteiger charge is -2.21. The third-order valence-corrected chi connectivity index (χ3v) is 4.59. The van der Waals surface area contributed by atoms with Crippen molar-refractivity contribution in [2.24, 2.45) is 0 Å². The number of amides is 2. The van der Waals surface area contributed by atoms with E-state index in [1.807, 2.05) is 24.3 Å². The molecule has 0 bridgehead atoms. The Morgan fingerprint density at radius 3 is 2.81 bits per heavy atom. The number of methoxy groups -OCH3 is 1. The number of rotatable bonds is 3. The first-order valence-corrected chi connectivity index (χ1v) is 8.30. The van der Waals surface area contributed by atoms with E-state index in [1.54, 1.807) is 12.4 Å². The van der Waals surface area contributed by atoms with Crippen LogP contribution < -0.4 is 14.5 Å². The first kappa shape index (κ1) is 16.8. The first-order chi connectivity index (χ1) is 13.1. The number of urea groups is 1. The highest BCUT2D eigenvalue weighted by Crippen LogP contribution is 2.36. The SMILES string of the molecule is COc1ccc(F)cc1N1C[C@@H](C#N)N(c2cncc3ccccc23)C1=O. The van der Waals surface area contributed by atoms with E-state index in [4.69, 9.17) is 4.74 Å². The quantitative estimate of drug-likeness (QED) is 0.712. The second kappa shape index (κ2) is 6.57. The summed E-state index contributed by atoms with van der Waals surface area (Å²) >= 11 is 0. The Labute approximate surface area is 155 Å². The smallest absolute Gasteiger partial charge is 0.330 e. The van der Waals surface area contributed by atoms with Gasteiger partial charge in [0, 0.05) is 23.0 Å². The highest BCUT2D eigenvalue weighted by molar-refractivity contribution is 6.12. The number of pyridine rings is 1. The number of fused-ring (bicyclic) bond motifs is 1. The van der Waals surface area contributed by atoms with Crippen LogP contribution in [0.4, 0.5) is 20.6 Å². The fraction of sp³-hybridized carbons (Fsp3) is 0.150. The Balaban J connectivity index is 1.83. The van der Waals surface area contributed by atoms with E-state index in [2.05, 4.69) is 11.1 Å². The van der Waals surface area contributed by atoms with Crippen molar-refractivity contribution < 1.29 is 13.9 Å². The van der Waals surface area contributed by atoms with E-state index in [1.165, 1.54) is 35.1 Å². The lowest BCUT2D eigenvalue weighted by atomic mass is 10.1. The number of hydrogen-bond donors (Lipinski definition) is 0. The molecule has 7 heteroatoms. The van der Waals surface area contributed by atoms with Crippen LogP contribution in [0.15, 0.2) is 54.9 Å². The van der Waals surface area contributed by atoms with Gasteiger partial charge in [-0.1, -0.05) is 24.3 Å². The second-order valence-corrected chi connectivity index (χ2v) is 6.10. The molecule has 134 valence electrons. The summed E-state index contributed by atoms with van der Waals surface area (Å²) in [6.45, 7) is 0.0956. The summed E-state index contributed by atoms with van der Waals surface area (Å²) < 4.78 is 19.1. The molecule has 0 N–H and O–H groups in total. The number of carbonyl (C=O) groups is 1. The average Bonchev–Trinajstić information content (AvgIpc) is 3.03. The van der Waals surface area contributed by atoms with Crippen LogP contribution >= 0.6 is 0 Å². The largest absolute Gasteiger partial charge is 0.495 e. The maximum absolute atomic E-state index is 13.8. The molecular weight excluding hydrogens is 347 g/mol. The van der Waals surface area contributed by atoms with Crippen molar-refractivity contribution in [1.29, 1.82) is 5.26 Å². The summed E-state index contributed by atoms with van der Waals surface area (Å²) in [5, 5.41) is 11.3. The van der Waals surface area contributed by atoms with E-state index in [9.17, 15) is 14.4 Å². The Morgan fingerprint density at radius 2 is 2.04 bits per heavy atom. The zero-order chi connectivity index (χ0) is 19.0. The van der Waals surface area contributed by atoms with E-state index >= 15 is 0 Å². The molecule has 1 fully saturated rings. The molecule has 2 amide bonds. The zero-order valence-corrected chi connectivity index (χ0v) is 14.5. The van der Waals surface area contributed by atoms with Crippen molar-refractivity contribution in [3.05, 3.63) is 60.7 Å². The van der Waals surface area contributed by atoms with Gasteiger partial charge >= 0.3 is 6.03 Å². The topological polar surface area (TPSA) is 69.5 Å². The molecule has 27 heavy (non-hydrogen) atoms. The Hall–Kier alpha value is -3.66. The Kier molecular flexibility index (Phi) is 4.09. The zero-order valence-electron chi connectivity index (χ0n) is 14.5. The van der Waals surface area contributed by atoms with Gasteiger partial charge in [0.25, 0.3) is 0 Å². The van der Waals surface area contributed by atoms with Gasteiger partial charge in [-0.05, 0) is 12.1 Å². The van der Waals surface area contributed by atoms with Gasteiger partial charge in [0.05, 0.1) is 37.3 Å². The molecule has 0 unspecified atom stereocenters. The van der Waals surface area contributed by atoms with Crippen molar-refractivity contribution in [1.82, 2.24) is 4.98 Å². The second-order valence-electron chi connectivity index (χ2n) is 6.10. The number of carbonyl (C=O) groups excluding carboxylic acids is 1. The summed E-state index contributed by atoms with van der Waals surface area (Å²) in [6.07, 6.45) is 3.27. The van der Waals surface area contributed by atoms with Crippen LogP contribution in [0.25, 0.3) is 10.8 Å². The van der Waals surface area contributed by atoms with Gasteiger partial charge in [-0.3, -0.25) is 14.8 Å².